The summed E-state index contributed by atoms with van der Waals surface area (Å²) in [6, 6.07) is 7.23. The van der Waals surface area contributed by atoms with Crippen LogP contribution >= 0.6 is 0 Å². The van der Waals surface area contributed by atoms with E-state index in [9.17, 15) is 21.6 Å². The summed E-state index contributed by atoms with van der Waals surface area (Å²) in [5.74, 6) is -0.928. The van der Waals surface area contributed by atoms with Gasteiger partial charge in [-0.1, -0.05) is 18.2 Å². The second-order valence-corrected chi connectivity index (χ2v) is 7.05. The quantitative estimate of drug-likeness (QED) is 0.740. The topological polar surface area (TPSA) is 140 Å². The van der Waals surface area contributed by atoms with Gasteiger partial charge in [0.05, 0.1) is 11.5 Å². The van der Waals surface area contributed by atoms with Crippen LogP contribution < -0.4 is 0 Å². The summed E-state index contributed by atoms with van der Waals surface area (Å²) in [5, 5.41) is 6.05. The molecule has 9 nitrogen and oxygen atoms in total. The highest BCUT2D eigenvalue weighted by Crippen LogP contribution is 2.17. The second-order valence-electron chi connectivity index (χ2n) is 4.10. The molecule has 0 saturated carbocycles. The van der Waals surface area contributed by atoms with Crippen LogP contribution in [0.15, 0.2) is 45.4 Å². The van der Waals surface area contributed by atoms with E-state index in [1.807, 2.05) is 0 Å². The van der Waals surface area contributed by atoms with E-state index in [-0.39, 0.29) is 17.0 Å². The molecule has 0 bridgehead atoms. The zero-order valence-electron chi connectivity index (χ0n) is 10.9. The van der Waals surface area contributed by atoms with Crippen LogP contribution in [0.2, 0.25) is 0 Å². The molecule has 0 spiro atoms. The molecule has 1 aliphatic heterocycles. The molecule has 0 aromatic heterocycles. The Hall–Kier alpha value is -1.95. The Labute approximate surface area is 126 Å². The molecule has 1 aliphatic rings. The first-order chi connectivity index (χ1) is 10.2. The van der Waals surface area contributed by atoms with Crippen LogP contribution in [0.4, 0.5) is 0 Å². The van der Waals surface area contributed by atoms with Crippen molar-refractivity contribution < 1.29 is 30.4 Å². The number of rotatable bonds is 5. The van der Waals surface area contributed by atoms with Gasteiger partial charge >= 0.3 is 10.4 Å². The molecular weight excluding hydrogens is 336 g/mol. The normalized spacial score (nSPS) is 15.6. The molecule has 0 saturated heterocycles. The maximum atomic E-state index is 12.2. The summed E-state index contributed by atoms with van der Waals surface area (Å²) in [6.45, 7) is -0.558. The van der Waals surface area contributed by atoms with Gasteiger partial charge in [-0.3, -0.25) is 9.35 Å². The number of nitrogens with zero attached hydrogens (tertiary/aromatic N) is 2. The molecule has 0 radical (unpaired) electrons. The molecule has 0 aliphatic carbocycles. The van der Waals surface area contributed by atoms with E-state index in [1.54, 1.807) is 6.07 Å². The lowest BCUT2D eigenvalue weighted by Gasteiger charge is -2.03. The van der Waals surface area contributed by atoms with Gasteiger partial charge in [0.15, 0.2) is 0 Å². The summed E-state index contributed by atoms with van der Waals surface area (Å²) in [6.07, 6.45) is -0.310. The first-order valence-corrected chi connectivity index (χ1v) is 8.68. The van der Waals surface area contributed by atoms with Gasteiger partial charge < -0.3 is 0 Å². The lowest BCUT2D eigenvalue weighted by molar-refractivity contribution is -0.107. The highest BCUT2D eigenvalue weighted by molar-refractivity contribution is 8.08. The predicted molar refractivity (Wildman–Crippen MR) is 75.6 cm³/mol. The number of carbonyl (C=O) groups is 1. The van der Waals surface area contributed by atoms with Crippen LogP contribution in [0, 0.1) is 0 Å². The van der Waals surface area contributed by atoms with Crippen molar-refractivity contribution >= 4 is 36.8 Å². The molecule has 22 heavy (non-hydrogen) atoms. The van der Waals surface area contributed by atoms with Gasteiger partial charge in [0.25, 0.3) is 0 Å². The maximum Gasteiger partial charge on any atom is 0.397 e. The molecule has 1 N–H and O–H groups in total. The van der Waals surface area contributed by atoms with Gasteiger partial charge in [0, 0.05) is 6.42 Å². The molecule has 2 rings (SSSR count). The smallest absolute Gasteiger partial charge is 0.284 e. The van der Waals surface area contributed by atoms with E-state index >= 15 is 0 Å². The van der Waals surface area contributed by atoms with Crippen molar-refractivity contribution in [1.29, 1.82) is 0 Å². The highest BCUT2D eigenvalue weighted by Gasteiger charge is 2.35. The van der Waals surface area contributed by atoms with Crippen LogP contribution in [0.3, 0.4) is 0 Å². The van der Waals surface area contributed by atoms with Crippen LogP contribution in [0.1, 0.15) is 6.42 Å². The SMILES string of the molecule is O=C1C(CCOS(=O)(=O)O)=NN=C1S(=O)(=O)c1ccccc1. The average Bonchev–Trinajstić information content (AvgIpc) is 2.81. The lowest BCUT2D eigenvalue weighted by atomic mass is 10.2. The first-order valence-electron chi connectivity index (χ1n) is 5.83. The van der Waals surface area contributed by atoms with Gasteiger partial charge in [-0.25, -0.2) is 12.6 Å². The van der Waals surface area contributed by atoms with E-state index in [0.29, 0.717) is 0 Å². The minimum atomic E-state index is -4.64. The minimum Gasteiger partial charge on any atom is -0.284 e. The standard InChI is InChI=1S/C11H10N2O7S2/c14-10-9(6-7-20-22(17,18)19)12-13-11(10)21(15,16)8-4-2-1-3-5-8/h1-5H,6-7H2,(H,17,18,19). The third-order valence-corrected chi connectivity index (χ3v) is 4.73. The number of hydrogen-bond donors (Lipinski definition) is 1. The molecule has 0 fully saturated rings. The Morgan fingerprint density at radius 3 is 2.27 bits per heavy atom. The number of Topliss-reactive ketones (excluding diaryl/α,β-unsaturated/α-hetero) is 1. The molecule has 1 heterocycles. The summed E-state index contributed by atoms with van der Waals surface area (Å²) in [7, 11) is -8.74. The van der Waals surface area contributed by atoms with Gasteiger partial charge in [-0.05, 0) is 12.1 Å². The zero-order chi connectivity index (χ0) is 16.4. The summed E-state index contributed by atoms with van der Waals surface area (Å²) in [4.78, 5) is 11.9. The van der Waals surface area contributed by atoms with Crippen molar-refractivity contribution in [3.05, 3.63) is 30.3 Å². The molecule has 0 unspecified atom stereocenters. The molecule has 11 heteroatoms. The summed E-state index contributed by atoms with van der Waals surface area (Å²) < 4.78 is 57.6. The highest BCUT2D eigenvalue weighted by atomic mass is 32.3. The molecular formula is C11H10N2O7S2. The number of ketones is 1. The van der Waals surface area contributed by atoms with Gasteiger partial charge in [0.2, 0.25) is 20.7 Å². The van der Waals surface area contributed by atoms with Gasteiger partial charge in [-0.15, -0.1) is 10.2 Å². The second kappa shape index (κ2) is 6.04. The maximum absolute atomic E-state index is 12.2. The van der Waals surface area contributed by atoms with E-state index < -0.39 is 37.7 Å². The predicted octanol–water partition coefficient (Wildman–Crippen LogP) is 0.00700. The Morgan fingerprint density at radius 2 is 1.68 bits per heavy atom. The molecule has 0 amide bonds. The third-order valence-electron chi connectivity index (χ3n) is 2.60. The lowest BCUT2D eigenvalue weighted by Crippen LogP contribution is -2.28. The van der Waals surface area contributed by atoms with E-state index in [4.69, 9.17) is 4.55 Å². The van der Waals surface area contributed by atoms with E-state index in [2.05, 4.69) is 14.4 Å². The fraction of sp³-hybridized carbons (Fsp3) is 0.182. The van der Waals surface area contributed by atoms with Crippen LogP contribution in [-0.4, -0.2) is 44.5 Å². The zero-order valence-corrected chi connectivity index (χ0v) is 12.5. The fourth-order valence-corrected chi connectivity index (χ4v) is 3.16. The minimum absolute atomic E-state index is 0.104. The Morgan fingerprint density at radius 1 is 1.05 bits per heavy atom. The number of carbonyl (C=O) groups excluding carboxylic acids is 1. The van der Waals surface area contributed by atoms with E-state index in [1.165, 1.54) is 24.3 Å². The number of benzene rings is 1. The Balaban J connectivity index is 2.10. The van der Waals surface area contributed by atoms with Gasteiger partial charge in [-0.2, -0.15) is 8.42 Å². The monoisotopic (exact) mass is 346 g/mol. The van der Waals surface area contributed by atoms with Crippen molar-refractivity contribution in [2.24, 2.45) is 10.2 Å². The Kier molecular flexibility index (Phi) is 4.51. The van der Waals surface area contributed by atoms with Crippen molar-refractivity contribution in [2.75, 3.05) is 6.61 Å². The van der Waals surface area contributed by atoms with Crippen molar-refractivity contribution in [1.82, 2.24) is 0 Å². The number of hydrogen-bond acceptors (Lipinski definition) is 8. The summed E-state index contributed by atoms with van der Waals surface area (Å²) >= 11 is 0. The van der Waals surface area contributed by atoms with Crippen molar-refractivity contribution in [2.45, 2.75) is 11.3 Å². The summed E-state index contributed by atoms with van der Waals surface area (Å²) in [5.41, 5.74) is -0.266. The van der Waals surface area contributed by atoms with Crippen LogP contribution in [0.5, 0.6) is 0 Å². The average molecular weight is 346 g/mol. The molecule has 118 valence electrons. The van der Waals surface area contributed by atoms with Crippen LogP contribution in [-0.2, 0) is 29.2 Å². The fourth-order valence-electron chi connectivity index (χ4n) is 1.61. The van der Waals surface area contributed by atoms with Gasteiger partial charge in [0.1, 0.15) is 5.71 Å². The Bertz CT molecular complexity index is 855. The van der Waals surface area contributed by atoms with Crippen LogP contribution in [0.25, 0.3) is 0 Å². The largest absolute Gasteiger partial charge is 0.397 e. The van der Waals surface area contributed by atoms with Crippen molar-refractivity contribution in [3.8, 4) is 0 Å². The first kappa shape index (κ1) is 16.4. The van der Waals surface area contributed by atoms with E-state index in [0.717, 1.165) is 0 Å². The third kappa shape index (κ3) is 3.62. The molecule has 1 aromatic carbocycles. The molecule has 0 atom stereocenters. The number of sulfone groups is 1. The molecule has 1 aromatic rings. The van der Waals surface area contributed by atoms with Crippen molar-refractivity contribution in [3.63, 3.8) is 0 Å².